The first-order valence-corrected chi connectivity index (χ1v) is 9.64. The van der Waals surface area contributed by atoms with Gasteiger partial charge in [0.25, 0.3) is 0 Å². The molecule has 1 aromatic heterocycles. The molecule has 0 fully saturated rings. The van der Waals surface area contributed by atoms with E-state index in [0.717, 1.165) is 6.42 Å². The molecule has 3 aromatic rings. The maximum atomic E-state index is 2.43. The fraction of sp³-hybridized carbons (Fsp3) is 0.273. The Morgan fingerprint density at radius 3 is 2.58 bits per heavy atom. The Balaban J connectivity index is 2.30. The lowest BCUT2D eigenvalue weighted by atomic mass is 10.1. The fourth-order valence-electron chi connectivity index (χ4n) is 3.09. The van der Waals surface area contributed by atoms with Crippen LogP contribution in [-0.2, 0) is 0 Å². The molecule has 1 heterocycles. The second-order valence-corrected chi connectivity index (χ2v) is 7.78. The van der Waals surface area contributed by atoms with Crippen molar-refractivity contribution in [2.24, 2.45) is 5.92 Å². The molecule has 0 aliphatic heterocycles. The van der Waals surface area contributed by atoms with Crippen LogP contribution in [0.15, 0.2) is 48.5 Å². The molecule has 1 nitrogen and oxygen atoms in total. The molecule has 0 N–H and O–H groups in total. The van der Waals surface area contributed by atoms with Crippen LogP contribution in [0.2, 0.25) is 0 Å². The third kappa shape index (κ3) is 3.30. The summed E-state index contributed by atoms with van der Waals surface area (Å²) >= 11 is 2.43. The van der Waals surface area contributed by atoms with Gasteiger partial charge in [0.2, 0.25) is 0 Å². The highest BCUT2D eigenvalue weighted by molar-refractivity contribution is 14.1. The first-order valence-electron chi connectivity index (χ1n) is 8.56. The number of fused-ring (bicyclic) bond motifs is 1. The molecule has 2 aromatic carbocycles. The van der Waals surface area contributed by atoms with E-state index >= 15 is 0 Å². The molecule has 0 spiro atoms. The van der Waals surface area contributed by atoms with E-state index in [-0.39, 0.29) is 0 Å². The van der Waals surface area contributed by atoms with Gasteiger partial charge >= 0.3 is 0 Å². The number of hydrogen-bond donors (Lipinski definition) is 0. The van der Waals surface area contributed by atoms with Crippen molar-refractivity contribution in [3.63, 3.8) is 0 Å². The zero-order chi connectivity index (χ0) is 17.3. The fourth-order valence-corrected chi connectivity index (χ4v) is 3.75. The third-order valence-corrected chi connectivity index (χ3v) is 5.61. The molecule has 2 heteroatoms. The predicted molar refractivity (Wildman–Crippen MR) is 114 cm³/mol. The summed E-state index contributed by atoms with van der Waals surface area (Å²) in [5.41, 5.74) is 6.50. The molecule has 0 saturated heterocycles. The van der Waals surface area contributed by atoms with Gasteiger partial charge in [0, 0.05) is 20.7 Å². The number of hydrogen-bond acceptors (Lipinski definition) is 0. The Hall–Kier alpha value is -1.55. The average Bonchev–Trinajstić information content (AvgIpc) is 2.91. The molecule has 0 bridgehead atoms. The zero-order valence-corrected chi connectivity index (χ0v) is 17.0. The van der Waals surface area contributed by atoms with Crippen molar-refractivity contribution in [3.8, 4) is 11.3 Å². The van der Waals surface area contributed by atoms with Crippen LogP contribution >= 0.6 is 22.6 Å². The van der Waals surface area contributed by atoms with E-state index in [1.807, 2.05) is 0 Å². The van der Waals surface area contributed by atoms with Crippen molar-refractivity contribution in [2.45, 2.75) is 34.1 Å². The molecule has 0 aliphatic carbocycles. The largest absolute Gasteiger partial charge is 0.316 e. The average molecular weight is 429 g/mol. The number of halogens is 1. The lowest BCUT2D eigenvalue weighted by Gasteiger charge is -2.10. The highest BCUT2D eigenvalue weighted by atomic mass is 127. The number of nitrogens with zero attached hydrogens (tertiary/aromatic N) is 1. The quantitative estimate of drug-likeness (QED) is 0.392. The summed E-state index contributed by atoms with van der Waals surface area (Å²) in [5.74, 6) is 0.580. The van der Waals surface area contributed by atoms with Gasteiger partial charge in [-0.1, -0.05) is 50.6 Å². The Morgan fingerprint density at radius 2 is 1.88 bits per heavy atom. The number of rotatable bonds is 4. The molecule has 1 atom stereocenters. The van der Waals surface area contributed by atoms with Crippen LogP contribution in [0.25, 0.3) is 28.4 Å². The first kappa shape index (κ1) is 17.3. The summed E-state index contributed by atoms with van der Waals surface area (Å²) in [6.07, 6.45) is 5.73. The SMILES string of the molecule is CCC(C)C=Cn1c(-c2ccccc2I)cc2c(C)cc(C)cc21. The van der Waals surface area contributed by atoms with E-state index in [1.165, 1.54) is 36.9 Å². The van der Waals surface area contributed by atoms with Gasteiger partial charge in [0.1, 0.15) is 0 Å². The normalized spacial score (nSPS) is 13.0. The van der Waals surface area contributed by atoms with Gasteiger partial charge in [-0.3, -0.25) is 0 Å². The van der Waals surface area contributed by atoms with Crippen LogP contribution in [0.3, 0.4) is 0 Å². The number of benzene rings is 2. The molecular formula is C22H24IN. The van der Waals surface area contributed by atoms with Crippen LogP contribution < -0.4 is 0 Å². The van der Waals surface area contributed by atoms with Gasteiger partial charge in [-0.2, -0.15) is 0 Å². The Bertz CT molecular complexity index is 902. The van der Waals surface area contributed by atoms with E-state index in [1.54, 1.807) is 0 Å². The topological polar surface area (TPSA) is 4.93 Å². The molecule has 0 amide bonds. The lowest BCUT2D eigenvalue weighted by molar-refractivity contribution is 0.699. The molecule has 3 rings (SSSR count). The van der Waals surface area contributed by atoms with Crippen LogP contribution in [0.5, 0.6) is 0 Å². The van der Waals surface area contributed by atoms with E-state index in [9.17, 15) is 0 Å². The Kier molecular flexibility index (Phi) is 5.14. The van der Waals surface area contributed by atoms with E-state index in [4.69, 9.17) is 0 Å². The monoisotopic (exact) mass is 429 g/mol. The minimum absolute atomic E-state index is 0.580. The van der Waals surface area contributed by atoms with E-state index in [0.29, 0.717) is 5.92 Å². The number of allylic oxidation sites excluding steroid dienone is 1. The van der Waals surface area contributed by atoms with Gasteiger partial charge in [0.05, 0.1) is 11.2 Å². The summed E-state index contributed by atoms with van der Waals surface area (Å²) in [7, 11) is 0. The maximum Gasteiger partial charge on any atom is 0.0545 e. The summed E-state index contributed by atoms with van der Waals surface area (Å²) < 4.78 is 3.64. The minimum Gasteiger partial charge on any atom is -0.316 e. The van der Waals surface area contributed by atoms with Crippen LogP contribution in [0, 0.1) is 23.3 Å². The van der Waals surface area contributed by atoms with Gasteiger partial charge in [-0.05, 0) is 71.7 Å². The Labute approximate surface area is 158 Å². The number of aryl methyl sites for hydroxylation is 2. The van der Waals surface area contributed by atoms with Crippen molar-refractivity contribution in [1.29, 1.82) is 0 Å². The molecule has 0 radical (unpaired) electrons. The zero-order valence-electron chi connectivity index (χ0n) is 14.8. The van der Waals surface area contributed by atoms with Gasteiger partial charge in [0.15, 0.2) is 0 Å². The van der Waals surface area contributed by atoms with Crippen molar-refractivity contribution in [2.75, 3.05) is 0 Å². The van der Waals surface area contributed by atoms with Gasteiger partial charge in [-0.25, -0.2) is 0 Å². The smallest absolute Gasteiger partial charge is 0.0545 e. The van der Waals surface area contributed by atoms with E-state index in [2.05, 4.69) is 110 Å². The highest BCUT2D eigenvalue weighted by Crippen LogP contribution is 2.33. The minimum atomic E-state index is 0.580. The van der Waals surface area contributed by atoms with Gasteiger partial charge < -0.3 is 4.57 Å². The van der Waals surface area contributed by atoms with Crippen molar-refractivity contribution < 1.29 is 0 Å². The summed E-state index contributed by atoms with van der Waals surface area (Å²) in [4.78, 5) is 0. The number of aromatic nitrogens is 1. The first-order chi connectivity index (χ1) is 11.5. The molecule has 1 unspecified atom stereocenters. The predicted octanol–water partition coefficient (Wildman–Crippen LogP) is 7.05. The lowest BCUT2D eigenvalue weighted by Crippen LogP contribution is -1.94. The molecule has 124 valence electrons. The second kappa shape index (κ2) is 7.14. The molecule has 24 heavy (non-hydrogen) atoms. The molecule has 0 saturated carbocycles. The highest BCUT2D eigenvalue weighted by Gasteiger charge is 2.13. The van der Waals surface area contributed by atoms with E-state index < -0.39 is 0 Å². The summed E-state index contributed by atoms with van der Waals surface area (Å²) in [5, 5.41) is 1.34. The summed E-state index contributed by atoms with van der Waals surface area (Å²) in [6.45, 7) is 8.88. The van der Waals surface area contributed by atoms with Crippen molar-refractivity contribution >= 4 is 39.7 Å². The van der Waals surface area contributed by atoms with Gasteiger partial charge in [-0.15, -0.1) is 0 Å². The molecule has 0 aliphatic rings. The Morgan fingerprint density at radius 1 is 1.12 bits per heavy atom. The summed E-state index contributed by atoms with van der Waals surface area (Å²) in [6, 6.07) is 15.5. The maximum absolute atomic E-state index is 2.43. The third-order valence-electron chi connectivity index (χ3n) is 4.67. The van der Waals surface area contributed by atoms with Crippen molar-refractivity contribution in [1.82, 2.24) is 4.57 Å². The van der Waals surface area contributed by atoms with Crippen molar-refractivity contribution in [3.05, 3.63) is 63.2 Å². The molecular weight excluding hydrogens is 405 g/mol. The van der Waals surface area contributed by atoms with Crippen LogP contribution in [0.1, 0.15) is 31.4 Å². The second-order valence-electron chi connectivity index (χ2n) is 6.62. The standard InChI is InChI=1S/C22H24IN/c1-5-15(2)10-11-24-21-13-16(3)12-17(4)19(21)14-22(24)18-8-6-7-9-20(18)23/h6-15H,5H2,1-4H3. The van der Waals surface area contributed by atoms with Crippen LogP contribution in [0.4, 0.5) is 0 Å². The van der Waals surface area contributed by atoms with Crippen LogP contribution in [-0.4, -0.2) is 4.57 Å².